The van der Waals surface area contributed by atoms with Crippen molar-refractivity contribution in [3.05, 3.63) is 148 Å². The quantitative estimate of drug-likeness (QED) is 0.225. The molecule has 0 aliphatic heterocycles. The Hall–Kier alpha value is -6.76. The highest BCUT2D eigenvalue weighted by Crippen LogP contribution is 2.27. The van der Waals surface area contributed by atoms with E-state index in [0.717, 1.165) is 42.5 Å². The molecule has 220 valence electrons. The Bertz CT molecular complexity index is 2370. The van der Waals surface area contributed by atoms with Crippen molar-refractivity contribution < 1.29 is 34.5 Å². The molecule has 2 heterocycles. The number of carbonyl (C=O) groups is 4. The average molecular weight is 604 g/mol. The first-order valence-electron chi connectivity index (χ1n) is 12.9. The molecular weight excluding hydrogens is 588 g/mol. The van der Waals surface area contributed by atoms with Crippen molar-refractivity contribution in [2.45, 2.75) is 0 Å². The summed E-state index contributed by atoms with van der Waals surface area (Å²) < 4.78 is 1.06. The van der Waals surface area contributed by atoms with Crippen LogP contribution in [0.5, 0.6) is 0 Å². The minimum Gasteiger partial charge on any atom is -0.478 e. The third-order valence-electron chi connectivity index (χ3n) is 7.40. The molecule has 0 atom stereocenters. The third kappa shape index (κ3) is 4.18. The summed E-state index contributed by atoms with van der Waals surface area (Å²) in [6.07, 6.45) is 0. The number of carboxylic acid groups (broad SMARTS) is 3. The number of benzene rings is 4. The molecule has 6 rings (SSSR count). The molecule has 0 aliphatic carbocycles. The van der Waals surface area contributed by atoms with Crippen LogP contribution < -0.4 is 22.2 Å². The molecule has 13 heteroatoms. The van der Waals surface area contributed by atoms with Crippen LogP contribution in [0.25, 0.3) is 32.9 Å². The summed E-state index contributed by atoms with van der Waals surface area (Å²) in [5.41, 5.74) is -6.98. The Balaban J connectivity index is 1.79. The fourth-order valence-corrected chi connectivity index (χ4v) is 5.39. The van der Waals surface area contributed by atoms with Gasteiger partial charge in [-0.15, -0.1) is 0 Å². The number of rotatable bonds is 7. The van der Waals surface area contributed by atoms with Crippen LogP contribution in [0.15, 0.2) is 98.0 Å². The normalized spacial score (nSPS) is 11.2. The minimum absolute atomic E-state index is 0.180. The van der Waals surface area contributed by atoms with Crippen LogP contribution in [-0.4, -0.2) is 48.1 Å². The fraction of sp³-hybridized carbons (Fsp3) is 0. The molecule has 45 heavy (non-hydrogen) atoms. The van der Waals surface area contributed by atoms with Crippen LogP contribution in [0.1, 0.15) is 47.0 Å². The van der Waals surface area contributed by atoms with Crippen molar-refractivity contribution in [3.8, 4) is 11.4 Å². The predicted molar refractivity (Wildman–Crippen MR) is 158 cm³/mol. The average Bonchev–Trinajstić information content (AvgIpc) is 3.43. The molecule has 3 N–H and O–H groups in total. The van der Waals surface area contributed by atoms with Crippen LogP contribution >= 0.6 is 0 Å². The number of hydrogen-bond donors (Lipinski definition) is 3. The van der Waals surface area contributed by atoms with Gasteiger partial charge in [0.2, 0.25) is 0 Å². The van der Waals surface area contributed by atoms with E-state index in [1.54, 1.807) is 0 Å². The van der Waals surface area contributed by atoms with Gasteiger partial charge in [-0.25, -0.2) is 23.5 Å². The molecule has 0 spiro atoms. The lowest BCUT2D eigenvalue weighted by Gasteiger charge is -2.06. The number of aromatic carboxylic acids is 3. The lowest BCUT2D eigenvalue weighted by molar-refractivity contribution is 0.0686. The molecule has 6 aromatic rings. The van der Waals surface area contributed by atoms with Gasteiger partial charge in [-0.1, -0.05) is 36.4 Å². The van der Waals surface area contributed by atoms with Gasteiger partial charge in [-0.2, -0.15) is 0 Å². The third-order valence-corrected chi connectivity index (χ3v) is 7.40. The summed E-state index contributed by atoms with van der Waals surface area (Å²) in [6, 6.07) is 15.6. The standard InChI is InChI=1S/C32H16N2O11/c35-25(14-9-11-15(12-10-14)30(40)41)24-22-18(26(36)33(28(22)38)20-7-3-1-5-16(20)31(42)43)13-19-23(24)29(39)34(27(19)37)21-8-4-2-6-17(21)32(44)45/h1-13H,(H,40,41)(H,42,43)(H,44,45). The Morgan fingerprint density at radius 3 is 1.29 bits per heavy atom. The molecule has 0 saturated carbocycles. The Kier molecular flexibility index (Phi) is 6.43. The van der Waals surface area contributed by atoms with E-state index in [0.29, 0.717) is 9.13 Å². The second kappa shape index (κ2) is 10.2. The number of ketones is 1. The molecule has 13 nitrogen and oxygen atoms in total. The number of fused-ring (bicyclic) bond motifs is 2. The van der Waals surface area contributed by atoms with Gasteiger partial charge < -0.3 is 15.3 Å². The Morgan fingerprint density at radius 1 is 0.489 bits per heavy atom. The van der Waals surface area contributed by atoms with Crippen LogP contribution in [0.2, 0.25) is 0 Å². The molecular formula is C32H16N2O11. The summed E-state index contributed by atoms with van der Waals surface area (Å²) in [4.78, 5) is 105. The first kappa shape index (κ1) is 28.4. The molecule has 0 unspecified atom stereocenters. The maximum atomic E-state index is 14.1. The summed E-state index contributed by atoms with van der Waals surface area (Å²) in [5, 5.41) is 26.5. The molecule has 2 aromatic heterocycles. The number of hydrogen-bond acceptors (Lipinski definition) is 8. The Morgan fingerprint density at radius 2 is 0.889 bits per heavy atom. The molecule has 0 amide bonds. The molecule has 0 fully saturated rings. The van der Waals surface area contributed by atoms with Crippen molar-refractivity contribution >= 4 is 45.2 Å². The molecule has 0 bridgehead atoms. The highest BCUT2D eigenvalue weighted by Gasteiger charge is 2.31. The predicted octanol–water partition coefficient (Wildman–Crippen LogP) is 2.22. The van der Waals surface area contributed by atoms with Crippen molar-refractivity contribution in [3.63, 3.8) is 0 Å². The number of aromatic nitrogens is 2. The van der Waals surface area contributed by atoms with E-state index < -0.39 is 84.2 Å². The zero-order valence-corrected chi connectivity index (χ0v) is 22.5. The van der Waals surface area contributed by atoms with Crippen molar-refractivity contribution in [1.29, 1.82) is 0 Å². The smallest absolute Gasteiger partial charge is 0.337 e. The number of carboxylic acids is 3. The monoisotopic (exact) mass is 604 g/mol. The zero-order chi connectivity index (χ0) is 32.3. The van der Waals surface area contributed by atoms with E-state index in [9.17, 15) is 53.7 Å². The van der Waals surface area contributed by atoms with Crippen molar-refractivity contribution in [1.82, 2.24) is 9.13 Å². The molecule has 0 radical (unpaired) electrons. The second-order valence-corrected chi connectivity index (χ2v) is 9.84. The SMILES string of the molecule is O=C(O)c1ccc(C(=O)c2c3c(=O)n(-c4ccccc4C(=O)O)c(=O)c3cc3c(=O)n(-c4ccccc4C(=O)O)c(=O)c23)cc1. The van der Waals surface area contributed by atoms with Gasteiger partial charge in [-0.3, -0.25) is 24.0 Å². The number of carbonyl (C=O) groups excluding carboxylic acids is 1. The van der Waals surface area contributed by atoms with Crippen LogP contribution in [0.4, 0.5) is 0 Å². The topological polar surface area (TPSA) is 207 Å². The van der Waals surface area contributed by atoms with Crippen LogP contribution in [0.3, 0.4) is 0 Å². The molecule has 0 aliphatic rings. The van der Waals surface area contributed by atoms with Gasteiger partial charge in [-0.05, 0) is 42.5 Å². The molecule has 4 aromatic carbocycles. The highest BCUT2D eigenvalue weighted by atomic mass is 16.4. The fourth-order valence-electron chi connectivity index (χ4n) is 5.39. The summed E-state index contributed by atoms with van der Waals surface area (Å²) >= 11 is 0. The van der Waals surface area contributed by atoms with Crippen molar-refractivity contribution in [2.24, 2.45) is 0 Å². The van der Waals surface area contributed by atoms with Gasteiger partial charge >= 0.3 is 17.9 Å². The van der Waals surface area contributed by atoms with Gasteiger partial charge in [0, 0.05) is 11.1 Å². The maximum absolute atomic E-state index is 14.1. The van der Waals surface area contributed by atoms with Gasteiger partial charge in [0.1, 0.15) is 0 Å². The van der Waals surface area contributed by atoms with E-state index in [2.05, 4.69) is 0 Å². The van der Waals surface area contributed by atoms with Crippen molar-refractivity contribution in [2.75, 3.05) is 0 Å². The van der Waals surface area contributed by atoms with E-state index in [1.165, 1.54) is 36.4 Å². The van der Waals surface area contributed by atoms with Gasteiger partial charge in [0.15, 0.2) is 5.78 Å². The number of nitrogens with zero attached hydrogens (tertiary/aromatic N) is 2. The first-order chi connectivity index (χ1) is 21.4. The summed E-state index contributed by atoms with van der Waals surface area (Å²) in [5.74, 6) is -5.24. The van der Waals surface area contributed by atoms with Gasteiger partial charge in [0.25, 0.3) is 22.2 Å². The maximum Gasteiger partial charge on any atom is 0.337 e. The summed E-state index contributed by atoms with van der Waals surface area (Å²) in [6.45, 7) is 0. The van der Waals surface area contributed by atoms with E-state index >= 15 is 0 Å². The lowest BCUT2D eigenvalue weighted by Crippen LogP contribution is -2.26. The first-order valence-corrected chi connectivity index (χ1v) is 12.9. The second-order valence-electron chi connectivity index (χ2n) is 9.84. The summed E-state index contributed by atoms with van der Waals surface area (Å²) in [7, 11) is 0. The van der Waals surface area contributed by atoms with Gasteiger partial charge in [0.05, 0.1) is 49.6 Å². The van der Waals surface area contributed by atoms with E-state index in [-0.39, 0.29) is 22.5 Å². The lowest BCUT2D eigenvalue weighted by atomic mass is 9.94. The van der Waals surface area contributed by atoms with E-state index in [1.807, 2.05) is 0 Å². The highest BCUT2D eigenvalue weighted by molar-refractivity contribution is 6.24. The minimum atomic E-state index is -1.46. The van der Waals surface area contributed by atoms with Crippen LogP contribution in [0, 0.1) is 0 Å². The molecule has 0 saturated heterocycles. The van der Waals surface area contributed by atoms with E-state index in [4.69, 9.17) is 0 Å². The Labute approximate surface area is 248 Å². The van der Waals surface area contributed by atoms with Crippen LogP contribution in [-0.2, 0) is 0 Å². The number of para-hydroxylation sites is 2. The largest absolute Gasteiger partial charge is 0.478 e. The zero-order valence-electron chi connectivity index (χ0n) is 22.5.